The van der Waals surface area contributed by atoms with E-state index in [1.807, 2.05) is 0 Å². The minimum atomic E-state index is -3.82. The van der Waals surface area contributed by atoms with Gasteiger partial charge in [-0.2, -0.15) is 4.31 Å². The number of aliphatic hydroxyl groups is 1. The smallest absolute Gasteiger partial charge is 0.246 e. The molecule has 0 bridgehead atoms. The second-order valence-corrected chi connectivity index (χ2v) is 7.51. The van der Waals surface area contributed by atoms with Crippen LogP contribution in [0.2, 0.25) is 0 Å². The van der Waals surface area contributed by atoms with Crippen LogP contribution in [0.1, 0.15) is 39.7 Å². The first-order valence-corrected chi connectivity index (χ1v) is 7.57. The van der Waals surface area contributed by atoms with Crippen LogP contribution in [-0.4, -0.2) is 23.4 Å². The van der Waals surface area contributed by atoms with Crippen molar-refractivity contribution in [3.05, 3.63) is 29.6 Å². The van der Waals surface area contributed by atoms with Gasteiger partial charge in [0.1, 0.15) is 5.82 Å². The van der Waals surface area contributed by atoms with E-state index in [2.05, 4.69) is 0 Å². The maximum absolute atomic E-state index is 13.4. The van der Waals surface area contributed by atoms with E-state index in [4.69, 9.17) is 0 Å². The lowest BCUT2D eigenvalue weighted by atomic mass is 9.96. The van der Waals surface area contributed by atoms with Gasteiger partial charge < -0.3 is 5.11 Å². The van der Waals surface area contributed by atoms with Crippen molar-refractivity contribution in [3.63, 3.8) is 0 Å². The Balaban J connectivity index is 2.83. The number of hydrogen-bond acceptors (Lipinski definition) is 3. The fourth-order valence-corrected chi connectivity index (χ4v) is 4.98. The summed E-state index contributed by atoms with van der Waals surface area (Å²) < 4.78 is 39.6. The predicted molar refractivity (Wildman–Crippen MR) is 69.4 cm³/mol. The maximum Gasteiger partial charge on any atom is 0.246 e. The molecule has 2 rings (SSSR count). The predicted octanol–water partition coefficient (Wildman–Crippen LogP) is 2.18. The number of halogens is 1. The Hall–Kier alpha value is -0.980. The molecule has 1 heterocycles. The molecule has 1 aliphatic rings. The molecule has 1 aromatic rings. The molecule has 0 radical (unpaired) electrons. The van der Waals surface area contributed by atoms with Crippen LogP contribution in [0.25, 0.3) is 0 Å². The topological polar surface area (TPSA) is 57.6 Å². The van der Waals surface area contributed by atoms with Gasteiger partial charge >= 0.3 is 0 Å². The van der Waals surface area contributed by atoms with Gasteiger partial charge in [0, 0.05) is 11.1 Å². The van der Waals surface area contributed by atoms with Gasteiger partial charge in [0.2, 0.25) is 10.0 Å². The summed E-state index contributed by atoms with van der Waals surface area (Å²) in [6.45, 7) is 6.78. The molecule has 1 aromatic carbocycles. The molecule has 0 fully saturated rings. The number of rotatable bonds is 1. The molecule has 1 atom stereocenters. The quantitative estimate of drug-likeness (QED) is 0.861. The number of fused-ring (bicyclic) bond motifs is 1. The van der Waals surface area contributed by atoms with E-state index in [-0.39, 0.29) is 16.9 Å². The highest BCUT2D eigenvalue weighted by molar-refractivity contribution is 7.89. The summed E-state index contributed by atoms with van der Waals surface area (Å²) in [7, 11) is -3.82. The Morgan fingerprint density at radius 2 is 1.95 bits per heavy atom. The molecule has 0 aliphatic carbocycles. The minimum absolute atomic E-state index is 0.0202. The lowest BCUT2D eigenvalue weighted by molar-refractivity contribution is -0.0985. The Morgan fingerprint density at radius 3 is 2.42 bits per heavy atom. The van der Waals surface area contributed by atoms with Crippen LogP contribution < -0.4 is 0 Å². The second kappa shape index (κ2) is 4.01. The van der Waals surface area contributed by atoms with Crippen molar-refractivity contribution in [1.29, 1.82) is 0 Å². The number of hydrogen-bond donors (Lipinski definition) is 1. The Bertz CT molecular complexity index is 621. The molecule has 4 nitrogen and oxygen atoms in total. The van der Waals surface area contributed by atoms with Gasteiger partial charge in [0.05, 0.1) is 4.90 Å². The van der Waals surface area contributed by atoms with Gasteiger partial charge in [0.25, 0.3) is 0 Å². The molecule has 1 aliphatic heterocycles. The lowest BCUT2D eigenvalue weighted by Crippen LogP contribution is -2.53. The first kappa shape index (κ1) is 14.4. The van der Waals surface area contributed by atoms with E-state index in [0.29, 0.717) is 0 Å². The van der Waals surface area contributed by atoms with Gasteiger partial charge in [-0.25, -0.2) is 12.8 Å². The Morgan fingerprint density at radius 1 is 1.37 bits per heavy atom. The second-order valence-electron chi connectivity index (χ2n) is 5.75. The molecular formula is C13H18FNO3S. The van der Waals surface area contributed by atoms with Crippen LogP contribution in [0.3, 0.4) is 0 Å². The lowest BCUT2D eigenvalue weighted by Gasteiger charge is -2.40. The fourth-order valence-electron chi connectivity index (χ4n) is 2.70. The van der Waals surface area contributed by atoms with Crippen LogP contribution in [0, 0.1) is 5.82 Å². The highest BCUT2D eigenvalue weighted by Gasteiger charge is 2.56. The third-order valence-electron chi connectivity index (χ3n) is 3.33. The van der Waals surface area contributed by atoms with E-state index in [9.17, 15) is 17.9 Å². The largest absolute Gasteiger partial charge is 0.370 e. The van der Waals surface area contributed by atoms with E-state index in [1.165, 1.54) is 6.07 Å². The SMILES string of the molecule is CCC1(O)c2cc(F)ccc2S(=O)(=O)N1C(C)(C)C. The third-order valence-corrected chi connectivity index (χ3v) is 5.57. The molecule has 0 amide bonds. The van der Waals surface area contributed by atoms with Crippen molar-refractivity contribution < 1.29 is 17.9 Å². The van der Waals surface area contributed by atoms with Crippen molar-refractivity contribution in [2.45, 2.75) is 50.3 Å². The van der Waals surface area contributed by atoms with Gasteiger partial charge in [-0.3, -0.25) is 0 Å². The molecular weight excluding hydrogens is 269 g/mol. The van der Waals surface area contributed by atoms with Gasteiger partial charge in [0.15, 0.2) is 5.72 Å². The maximum atomic E-state index is 13.4. The summed E-state index contributed by atoms with van der Waals surface area (Å²) in [5, 5.41) is 10.8. The number of nitrogens with zero attached hydrogens (tertiary/aromatic N) is 1. The summed E-state index contributed by atoms with van der Waals surface area (Å²) in [6.07, 6.45) is 0.153. The van der Waals surface area contributed by atoms with Crippen LogP contribution in [-0.2, 0) is 15.7 Å². The highest BCUT2D eigenvalue weighted by Crippen LogP contribution is 2.48. The molecule has 6 heteroatoms. The van der Waals surface area contributed by atoms with E-state index < -0.39 is 27.1 Å². The summed E-state index contributed by atoms with van der Waals surface area (Å²) in [5.74, 6) is -0.559. The molecule has 0 saturated heterocycles. The van der Waals surface area contributed by atoms with Gasteiger partial charge in [-0.15, -0.1) is 0 Å². The van der Waals surface area contributed by atoms with Crippen molar-refractivity contribution in [2.75, 3.05) is 0 Å². The minimum Gasteiger partial charge on any atom is -0.370 e. The molecule has 0 aromatic heterocycles. The van der Waals surface area contributed by atoms with E-state index in [1.54, 1.807) is 27.7 Å². The zero-order valence-electron chi connectivity index (χ0n) is 11.4. The molecule has 1 N–H and O–H groups in total. The standard InChI is InChI=1S/C13H18FNO3S/c1-5-13(16)10-8-9(14)6-7-11(10)19(17,18)15(13)12(2,3)4/h6-8,16H,5H2,1-4H3. The zero-order valence-corrected chi connectivity index (χ0v) is 12.3. The highest BCUT2D eigenvalue weighted by atomic mass is 32.2. The van der Waals surface area contributed by atoms with Crippen LogP contribution in [0.5, 0.6) is 0 Å². The van der Waals surface area contributed by atoms with Crippen molar-refractivity contribution in [3.8, 4) is 0 Å². The number of benzene rings is 1. The van der Waals surface area contributed by atoms with Gasteiger partial charge in [-0.05, 0) is 45.4 Å². The van der Waals surface area contributed by atoms with Crippen molar-refractivity contribution in [1.82, 2.24) is 4.31 Å². The van der Waals surface area contributed by atoms with Crippen LogP contribution in [0.15, 0.2) is 23.1 Å². The van der Waals surface area contributed by atoms with E-state index >= 15 is 0 Å². The summed E-state index contributed by atoms with van der Waals surface area (Å²) in [4.78, 5) is -0.0202. The van der Waals surface area contributed by atoms with Crippen LogP contribution >= 0.6 is 0 Å². The zero-order chi connectivity index (χ0) is 14.6. The molecule has 106 valence electrons. The normalized spacial score (nSPS) is 26.4. The van der Waals surface area contributed by atoms with E-state index in [0.717, 1.165) is 16.4 Å². The first-order chi connectivity index (χ1) is 8.55. The Kier molecular flexibility index (Phi) is 3.04. The third kappa shape index (κ3) is 1.89. The Labute approximate surface area is 112 Å². The first-order valence-electron chi connectivity index (χ1n) is 6.13. The fraction of sp³-hybridized carbons (Fsp3) is 0.538. The van der Waals surface area contributed by atoms with Crippen LogP contribution in [0.4, 0.5) is 4.39 Å². The molecule has 19 heavy (non-hydrogen) atoms. The average Bonchev–Trinajstić information content (AvgIpc) is 2.43. The average molecular weight is 287 g/mol. The van der Waals surface area contributed by atoms with Crippen molar-refractivity contribution >= 4 is 10.0 Å². The monoisotopic (exact) mass is 287 g/mol. The summed E-state index contributed by atoms with van der Waals surface area (Å²) >= 11 is 0. The van der Waals surface area contributed by atoms with Gasteiger partial charge in [-0.1, -0.05) is 6.92 Å². The summed E-state index contributed by atoms with van der Waals surface area (Å²) in [5.41, 5.74) is -2.39. The number of sulfonamides is 1. The molecule has 0 spiro atoms. The summed E-state index contributed by atoms with van der Waals surface area (Å²) in [6, 6.07) is 3.41. The molecule has 1 unspecified atom stereocenters. The molecule has 0 saturated carbocycles. The van der Waals surface area contributed by atoms with Crippen molar-refractivity contribution in [2.24, 2.45) is 0 Å².